The van der Waals surface area contributed by atoms with E-state index in [9.17, 15) is 9.90 Å². The Morgan fingerprint density at radius 2 is 2.00 bits per heavy atom. The van der Waals surface area contributed by atoms with Crippen LogP contribution in [-0.2, 0) is 11.2 Å². The molecule has 1 rings (SSSR count). The van der Waals surface area contributed by atoms with Gasteiger partial charge in [-0.2, -0.15) is 0 Å². The van der Waals surface area contributed by atoms with Crippen molar-refractivity contribution in [2.45, 2.75) is 31.3 Å². The minimum Gasteiger partial charge on any atom is -0.496 e. The van der Waals surface area contributed by atoms with Crippen molar-refractivity contribution in [3.05, 3.63) is 17.7 Å². The van der Waals surface area contributed by atoms with Crippen LogP contribution in [-0.4, -0.2) is 43.6 Å². The molecule has 21 heavy (non-hydrogen) atoms. The van der Waals surface area contributed by atoms with E-state index in [0.717, 1.165) is 22.0 Å². The van der Waals surface area contributed by atoms with Crippen LogP contribution >= 0.6 is 11.8 Å². The van der Waals surface area contributed by atoms with Gasteiger partial charge in [0.15, 0.2) is 0 Å². The summed E-state index contributed by atoms with van der Waals surface area (Å²) in [5, 5.41) is 12.2. The lowest BCUT2D eigenvalue weighted by Crippen LogP contribution is -2.22. The number of ether oxygens (including phenoxy) is 2. The zero-order valence-electron chi connectivity index (χ0n) is 12.9. The van der Waals surface area contributed by atoms with Crippen LogP contribution in [0.4, 0.5) is 0 Å². The van der Waals surface area contributed by atoms with Crippen molar-refractivity contribution in [3.63, 3.8) is 0 Å². The predicted octanol–water partition coefficient (Wildman–Crippen LogP) is 1.86. The number of aliphatic hydroxyl groups excluding tert-OH is 1. The molecule has 0 aromatic heterocycles. The number of carbonyl (C=O) groups excluding carboxylic acids is 1. The van der Waals surface area contributed by atoms with Crippen molar-refractivity contribution in [2.75, 3.05) is 26.5 Å². The highest BCUT2D eigenvalue weighted by Crippen LogP contribution is 2.36. The minimum atomic E-state index is -0.384. The topological polar surface area (TPSA) is 67.8 Å². The molecule has 118 valence electrons. The zero-order chi connectivity index (χ0) is 15.8. The number of methoxy groups -OCH3 is 2. The van der Waals surface area contributed by atoms with Crippen LogP contribution in [0.2, 0.25) is 0 Å². The molecule has 0 heterocycles. The van der Waals surface area contributed by atoms with E-state index in [4.69, 9.17) is 9.47 Å². The maximum atomic E-state index is 10.9. The van der Waals surface area contributed by atoms with E-state index in [1.807, 2.05) is 12.1 Å². The van der Waals surface area contributed by atoms with Crippen LogP contribution in [0.25, 0.3) is 0 Å². The number of nitrogens with one attached hydrogen (secondary N) is 1. The first-order valence-electron chi connectivity index (χ1n) is 6.78. The van der Waals surface area contributed by atoms with Crippen LogP contribution < -0.4 is 14.8 Å². The van der Waals surface area contributed by atoms with Crippen LogP contribution in [0.15, 0.2) is 17.0 Å². The Balaban J connectivity index is 2.90. The largest absolute Gasteiger partial charge is 0.496 e. The molecule has 1 aromatic rings. The molecule has 0 aliphatic carbocycles. The van der Waals surface area contributed by atoms with E-state index in [-0.39, 0.29) is 12.0 Å². The number of aliphatic hydroxyl groups is 1. The molecule has 0 aliphatic rings. The molecule has 0 saturated carbocycles. The quantitative estimate of drug-likeness (QED) is 0.717. The van der Waals surface area contributed by atoms with Crippen molar-refractivity contribution in [1.29, 1.82) is 0 Å². The maximum Gasteiger partial charge on any atom is 0.216 e. The lowest BCUT2D eigenvalue weighted by atomic mass is 10.1. The second-order valence-electron chi connectivity index (χ2n) is 4.71. The second kappa shape index (κ2) is 8.79. The van der Waals surface area contributed by atoms with E-state index in [1.54, 1.807) is 21.1 Å². The van der Waals surface area contributed by atoms with Gasteiger partial charge in [-0.25, -0.2) is 0 Å². The van der Waals surface area contributed by atoms with Gasteiger partial charge in [0.25, 0.3) is 0 Å². The van der Waals surface area contributed by atoms with Gasteiger partial charge in [-0.1, -0.05) is 0 Å². The highest BCUT2D eigenvalue weighted by Gasteiger charge is 2.12. The summed E-state index contributed by atoms with van der Waals surface area (Å²) in [4.78, 5) is 11.8. The molecule has 0 fully saturated rings. The minimum absolute atomic E-state index is 0.0509. The molecule has 0 radical (unpaired) electrons. The Morgan fingerprint density at radius 3 is 2.52 bits per heavy atom. The van der Waals surface area contributed by atoms with E-state index in [2.05, 4.69) is 5.32 Å². The number of rotatable bonds is 8. The smallest absolute Gasteiger partial charge is 0.216 e. The lowest BCUT2D eigenvalue weighted by molar-refractivity contribution is -0.118. The number of thioether (sulfide) groups is 1. The van der Waals surface area contributed by atoms with Gasteiger partial charge in [0.05, 0.1) is 25.2 Å². The molecule has 5 nitrogen and oxygen atoms in total. The summed E-state index contributed by atoms with van der Waals surface area (Å²) in [5.41, 5.74) is 0.976. The molecule has 2 N–H and O–H groups in total. The summed E-state index contributed by atoms with van der Waals surface area (Å²) in [5.74, 6) is 2.05. The standard InChI is InChI=1S/C15H23NO4S/c1-10(17)9-21-15-8-13(19-3)12(7-14(15)20-4)5-6-16-11(2)18/h7-8,10,17H,5-6,9H2,1-4H3,(H,16,18). The third-order valence-corrected chi connectivity index (χ3v) is 4.09. The van der Waals surface area contributed by atoms with Gasteiger partial charge >= 0.3 is 0 Å². The van der Waals surface area contributed by atoms with Gasteiger partial charge in [-0.05, 0) is 31.0 Å². The summed E-state index contributed by atoms with van der Waals surface area (Å²) >= 11 is 1.52. The number of amides is 1. The summed E-state index contributed by atoms with van der Waals surface area (Å²) in [6, 6.07) is 3.83. The van der Waals surface area contributed by atoms with E-state index >= 15 is 0 Å². The molecule has 6 heteroatoms. The maximum absolute atomic E-state index is 10.9. The van der Waals surface area contributed by atoms with Crippen LogP contribution in [0.5, 0.6) is 11.5 Å². The van der Waals surface area contributed by atoms with Gasteiger partial charge in [0, 0.05) is 19.2 Å². The number of benzene rings is 1. The second-order valence-corrected chi connectivity index (χ2v) is 5.77. The summed E-state index contributed by atoms with van der Waals surface area (Å²) in [6.45, 7) is 3.79. The van der Waals surface area contributed by atoms with Crippen molar-refractivity contribution in [2.24, 2.45) is 0 Å². The summed E-state index contributed by atoms with van der Waals surface area (Å²) in [7, 11) is 3.23. The monoisotopic (exact) mass is 313 g/mol. The third-order valence-electron chi connectivity index (χ3n) is 2.82. The predicted molar refractivity (Wildman–Crippen MR) is 84.3 cm³/mol. The Morgan fingerprint density at radius 1 is 1.33 bits per heavy atom. The first kappa shape index (κ1) is 17.7. The molecular formula is C15H23NO4S. The molecule has 0 bridgehead atoms. The van der Waals surface area contributed by atoms with Gasteiger partial charge in [-0.15, -0.1) is 11.8 Å². The van der Waals surface area contributed by atoms with E-state index in [0.29, 0.717) is 18.7 Å². The highest BCUT2D eigenvalue weighted by molar-refractivity contribution is 7.99. The summed E-state index contributed by atoms with van der Waals surface area (Å²) in [6.07, 6.45) is 0.283. The fourth-order valence-corrected chi connectivity index (χ4v) is 2.72. The molecule has 1 amide bonds. The molecule has 1 atom stereocenters. The normalized spacial score (nSPS) is 11.9. The Labute approximate surface area is 130 Å². The van der Waals surface area contributed by atoms with Gasteiger partial charge in [0.1, 0.15) is 11.5 Å². The SMILES string of the molecule is COc1cc(SCC(C)O)c(OC)cc1CCNC(C)=O. The molecule has 0 aliphatic heterocycles. The van der Waals surface area contributed by atoms with Gasteiger partial charge < -0.3 is 19.9 Å². The first-order valence-corrected chi connectivity index (χ1v) is 7.76. The van der Waals surface area contributed by atoms with Gasteiger partial charge in [0.2, 0.25) is 5.91 Å². The summed E-state index contributed by atoms with van der Waals surface area (Å²) < 4.78 is 10.8. The number of hydrogen-bond donors (Lipinski definition) is 2. The Bertz CT molecular complexity index is 477. The van der Waals surface area contributed by atoms with Crippen molar-refractivity contribution < 1.29 is 19.4 Å². The molecule has 0 spiro atoms. The molecular weight excluding hydrogens is 290 g/mol. The van der Waals surface area contributed by atoms with Crippen molar-refractivity contribution >= 4 is 17.7 Å². The highest BCUT2D eigenvalue weighted by atomic mass is 32.2. The van der Waals surface area contributed by atoms with E-state index in [1.165, 1.54) is 18.7 Å². The van der Waals surface area contributed by atoms with E-state index < -0.39 is 0 Å². The van der Waals surface area contributed by atoms with Crippen LogP contribution in [0.1, 0.15) is 19.4 Å². The lowest BCUT2D eigenvalue weighted by Gasteiger charge is -2.15. The first-order chi connectivity index (χ1) is 9.97. The van der Waals surface area contributed by atoms with Crippen LogP contribution in [0, 0.1) is 0 Å². The molecule has 1 unspecified atom stereocenters. The average molecular weight is 313 g/mol. The number of hydrogen-bond acceptors (Lipinski definition) is 5. The Hall–Kier alpha value is -1.40. The van der Waals surface area contributed by atoms with Crippen molar-refractivity contribution in [1.82, 2.24) is 5.32 Å². The fraction of sp³-hybridized carbons (Fsp3) is 0.533. The fourth-order valence-electron chi connectivity index (χ4n) is 1.82. The zero-order valence-corrected chi connectivity index (χ0v) is 13.8. The van der Waals surface area contributed by atoms with Crippen LogP contribution in [0.3, 0.4) is 0 Å². The number of carbonyl (C=O) groups is 1. The Kier molecular flexibility index (Phi) is 7.39. The van der Waals surface area contributed by atoms with Crippen molar-refractivity contribution in [3.8, 4) is 11.5 Å². The molecule has 1 aromatic carbocycles. The van der Waals surface area contributed by atoms with Gasteiger partial charge in [-0.3, -0.25) is 4.79 Å². The molecule has 0 saturated heterocycles. The third kappa shape index (κ3) is 5.85. The average Bonchev–Trinajstić information content (AvgIpc) is 2.44.